The number of nitrogens with zero attached hydrogens (tertiary/aromatic N) is 1. The van der Waals surface area contributed by atoms with Crippen molar-refractivity contribution in [3.63, 3.8) is 0 Å². The highest BCUT2D eigenvalue weighted by Gasteiger charge is 2.28. The molecule has 0 aliphatic heterocycles. The standard InChI is InChI=1S/C23H29ClN2O2S/c1-4-21(23(28)25-5-2)26(14-18-9-11-20(24)12-10-18)22(27)16-29-15-19-8-6-7-17(3)13-19/h6-13,21H,4-5,14-16H2,1-3H3,(H,25,28). The molecule has 6 heteroatoms. The van der Waals surface area contributed by atoms with Crippen molar-refractivity contribution in [2.45, 2.75) is 45.5 Å². The topological polar surface area (TPSA) is 49.4 Å². The Morgan fingerprint density at radius 1 is 1.10 bits per heavy atom. The third kappa shape index (κ3) is 7.41. The second-order valence-electron chi connectivity index (χ2n) is 6.95. The van der Waals surface area contributed by atoms with Crippen LogP contribution in [-0.2, 0) is 21.9 Å². The number of carbonyl (C=O) groups excluding carboxylic acids is 2. The summed E-state index contributed by atoms with van der Waals surface area (Å²) in [4.78, 5) is 27.3. The fraction of sp³-hybridized carbons (Fsp3) is 0.391. The third-order valence-corrected chi connectivity index (χ3v) is 5.82. The van der Waals surface area contributed by atoms with Gasteiger partial charge in [0.05, 0.1) is 5.75 Å². The first-order chi connectivity index (χ1) is 13.9. The van der Waals surface area contributed by atoms with E-state index in [1.165, 1.54) is 11.1 Å². The summed E-state index contributed by atoms with van der Waals surface area (Å²) in [5, 5.41) is 3.50. The van der Waals surface area contributed by atoms with E-state index in [0.29, 0.717) is 30.3 Å². The number of benzene rings is 2. The van der Waals surface area contributed by atoms with E-state index in [2.05, 4.69) is 30.4 Å². The molecule has 0 saturated heterocycles. The highest BCUT2D eigenvalue weighted by Crippen LogP contribution is 2.19. The second-order valence-corrected chi connectivity index (χ2v) is 8.37. The maximum absolute atomic E-state index is 13.1. The van der Waals surface area contributed by atoms with Gasteiger partial charge in [0.1, 0.15) is 6.04 Å². The first-order valence-corrected chi connectivity index (χ1v) is 11.4. The van der Waals surface area contributed by atoms with Crippen LogP contribution < -0.4 is 5.32 Å². The fourth-order valence-electron chi connectivity index (χ4n) is 3.14. The molecule has 0 fully saturated rings. The van der Waals surface area contributed by atoms with E-state index >= 15 is 0 Å². The van der Waals surface area contributed by atoms with Crippen molar-refractivity contribution < 1.29 is 9.59 Å². The van der Waals surface area contributed by atoms with Gasteiger partial charge < -0.3 is 10.2 Å². The van der Waals surface area contributed by atoms with Gasteiger partial charge in [-0.3, -0.25) is 9.59 Å². The van der Waals surface area contributed by atoms with Crippen molar-refractivity contribution in [3.8, 4) is 0 Å². The molecule has 1 unspecified atom stereocenters. The van der Waals surface area contributed by atoms with Gasteiger partial charge in [0, 0.05) is 23.9 Å². The fourth-order valence-corrected chi connectivity index (χ4v) is 4.12. The maximum Gasteiger partial charge on any atom is 0.242 e. The van der Waals surface area contributed by atoms with Crippen molar-refractivity contribution in [3.05, 3.63) is 70.2 Å². The lowest BCUT2D eigenvalue weighted by atomic mass is 10.1. The highest BCUT2D eigenvalue weighted by atomic mass is 35.5. The summed E-state index contributed by atoms with van der Waals surface area (Å²) in [5.41, 5.74) is 3.36. The second kappa shape index (κ2) is 11.9. The molecule has 0 bridgehead atoms. The van der Waals surface area contributed by atoms with Crippen LogP contribution in [0.3, 0.4) is 0 Å². The lowest BCUT2D eigenvalue weighted by Gasteiger charge is -2.30. The Bertz CT molecular complexity index is 811. The van der Waals surface area contributed by atoms with Crippen LogP contribution in [0.2, 0.25) is 5.02 Å². The molecular weight excluding hydrogens is 404 g/mol. The van der Waals surface area contributed by atoms with Crippen LogP contribution in [0, 0.1) is 6.92 Å². The van der Waals surface area contributed by atoms with Crippen LogP contribution in [0.1, 0.15) is 37.0 Å². The molecule has 2 amide bonds. The van der Waals surface area contributed by atoms with Gasteiger partial charge in [-0.2, -0.15) is 0 Å². The molecule has 1 N–H and O–H groups in total. The minimum absolute atomic E-state index is 0.0318. The zero-order valence-electron chi connectivity index (χ0n) is 17.3. The van der Waals surface area contributed by atoms with Gasteiger partial charge in [-0.1, -0.05) is 60.5 Å². The zero-order valence-corrected chi connectivity index (χ0v) is 18.9. The van der Waals surface area contributed by atoms with Crippen LogP contribution in [0.5, 0.6) is 0 Å². The molecule has 0 spiro atoms. The number of carbonyl (C=O) groups is 2. The van der Waals surface area contributed by atoms with Crippen LogP contribution in [0.25, 0.3) is 0 Å². The molecule has 0 saturated carbocycles. The SMILES string of the molecule is CCNC(=O)C(CC)N(Cc1ccc(Cl)cc1)C(=O)CSCc1cccc(C)c1. The average molecular weight is 433 g/mol. The van der Waals surface area contributed by atoms with Gasteiger partial charge >= 0.3 is 0 Å². The Labute approximate surface area is 183 Å². The number of likely N-dealkylation sites (N-methyl/N-ethyl adjacent to an activating group) is 1. The number of amides is 2. The van der Waals surface area contributed by atoms with Crippen molar-refractivity contribution in [2.24, 2.45) is 0 Å². The van der Waals surface area contributed by atoms with E-state index < -0.39 is 6.04 Å². The number of aryl methyl sites for hydroxylation is 1. The summed E-state index contributed by atoms with van der Waals surface area (Å²) < 4.78 is 0. The number of thioether (sulfide) groups is 1. The Balaban J connectivity index is 2.10. The number of halogens is 1. The average Bonchev–Trinajstić information content (AvgIpc) is 2.69. The minimum atomic E-state index is -0.488. The normalized spacial score (nSPS) is 11.7. The first kappa shape index (κ1) is 23.3. The van der Waals surface area contributed by atoms with Crippen molar-refractivity contribution >= 4 is 35.2 Å². The van der Waals surface area contributed by atoms with E-state index in [1.54, 1.807) is 28.8 Å². The molecular formula is C23H29ClN2O2S. The number of rotatable bonds is 10. The number of nitrogens with one attached hydrogen (secondary N) is 1. The van der Waals surface area contributed by atoms with Crippen LogP contribution in [0.15, 0.2) is 48.5 Å². The summed E-state index contributed by atoms with van der Waals surface area (Å²) in [5.74, 6) is 0.953. The largest absolute Gasteiger partial charge is 0.355 e. The monoisotopic (exact) mass is 432 g/mol. The van der Waals surface area contributed by atoms with Gasteiger partial charge in [-0.15, -0.1) is 11.8 Å². The predicted octanol–water partition coefficient (Wildman–Crippen LogP) is 4.83. The van der Waals surface area contributed by atoms with E-state index in [1.807, 2.05) is 32.0 Å². The molecule has 2 aromatic carbocycles. The van der Waals surface area contributed by atoms with E-state index in [9.17, 15) is 9.59 Å². The summed E-state index contributed by atoms with van der Waals surface area (Å²) in [6.07, 6.45) is 0.563. The maximum atomic E-state index is 13.1. The predicted molar refractivity (Wildman–Crippen MR) is 122 cm³/mol. The number of hydrogen-bond donors (Lipinski definition) is 1. The molecule has 0 heterocycles. The van der Waals surface area contributed by atoms with Gasteiger partial charge in [-0.05, 0) is 43.5 Å². The molecule has 2 aromatic rings. The smallest absolute Gasteiger partial charge is 0.242 e. The van der Waals surface area contributed by atoms with E-state index in [-0.39, 0.29) is 11.8 Å². The minimum Gasteiger partial charge on any atom is -0.355 e. The Morgan fingerprint density at radius 2 is 1.83 bits per heavy atom. The van der Waals surface area contributed by atoms with Crippen molar-refractivity contribution in [1.29, 1.82) is 0 Å². The Morgan fingerprint density at radius 3 is 2.45 bits per heavy atom. The van der Waals surface area contributed by atoms with Gasteiger partial charge in [0.25, 0.3) is 0 Å². The molecule has 0 radical (unpaired) electrons. The lowest BCUT2D eigenvalue weighted by molar-refractivity contribution is -0.139. The molecule has 0 aliphatic rings. The van der Waals surface area contributed by atoms with Crippen molar-refractivity contribution in [1.82, 2.24) is 10.2 Å². The molecule has 1 atom stereocenters. The molecule has 156 valence electrons. The van der Waals surface area contributed by atoms with Crippen LogP contribution in [-0.4, -0.2) is 35.1 Å². The summed E-state index contributed by atoms with van der Waals surface area (Å²) >= 11 is 7.56. The van der Waals surface area contributed by atoms with Gasteiger partial charge in [0.15, 0.2) is 0 Å². The Kier molecular flexibility index (Phi) is 9.55. The quantitative estimate of drug-likeness (QED) is 0.585. The number of hydrogen-bond acceptors (Lipinski definition) is 3. The molecule has 2 rings (SSSR count). The molecule has 0 aromatic heterocycles. The molecule has 29 heavy (non-hydrogen) atoms. The highest BCUT2D eigenvalue weighted by molar-refractivity contribution is 7.99. The first-order valence-electron chi connectivity index (χ1n) is 9.89. The lowest BCUT2D eigenvalue weighted by Crippen LogP contribution is -2.49. The van der Waals surface area contributed by atoms with Crippen molar-refractivity contribution in [2.75, 3.05) is 12.3 Å². The third-order valence-electron chi connectivity index (χ3n) is 4.58. The summed E-state index contributed by atoms with van der Waals surface area (Å²) in [7, 11) is 0. The van der Waals surface area contributed by atoms with Crippen LogP contribution >= 0.6 is 23.4 Å². The Hall–Kier alpha value is -1.98. The van der Waals surface area contributed by atoms with Gasteiger partial charge in [-0.25, -0.2) is 0 Å². The zero-order chi connectivity index (χ0) is 21.2. The van der Waals surface area contributed by atoms with Gasteiger partial charge in [0.2, 0.25) is 11.8 Å². The molecule has 0 aliphatic carbocycles. The summed E-state index contributed by atoms with van der Waals surface area (Å²) in [6.45, 7) is 6.80. The molecule has 4 nitrogen and oxygen atoms in total. The van der Waals surface area contributed by atoms with E-state index in [0.717, 1.165) is 11.3 Å². The van der Waals surface area contributed by atoms with Crippen LogP contribution in [0.4, 0.5) is 0 Å². The summed E-state index contributed by atoms with van der Waals surface area (Å²) in [6, 6.07) is 15.2. The van der Waals surface area contributed by atoms with E-state index in [4.69, 9.17) is 11.6 Å².